The van der Waals surface area contributed by atoms with Crippen molar-refractivity contribution < 1.29 is 18.3 Å². The molecule has 1 aromatic rings. The van der Waals surface area contributed by atoms with E-state index in [0.717, 1.165) is 12.3 Å². The molecule has 0 saturated carbocycles. The predicted molar refractivity (Wildman–Crippen MR) is 81.3 cm³/mol. The molecular formula is C13H19NO4S2. The van der Waals surface area contributed by atoms with E-state index in [1.807, 2.05) is 19.0 Å². The minimum atomic E-state index is -3.33. The van der Waals surface area contributed by atoms with Crippen molar-refractivity contribution in [3.8, 4) is 0 Å². The lowest BCUT2D eigenvalue weighted by Crippen LogP contribution is -2.16. The molecule has 0 aromatic heterocycles. The van der Waals surface area contributed by atoms with E-state index in [1.165, 1.54) is 24.3 Å². The van der Waals surface area contributed by atoms with Gasteiger partial charge in [0.15, 0.2) is 9.84 Å². The number of carboxylic acid groups (broad SMARTS) is 1. The van der Waals surface area contributed by atoms with Crippen molar-refractivity contribution in [3.63, 3.8) is 0 Å². The summed E-state index contributed by atoms with van der Waals surface area (Å²) in [6, 6.07) is 5.33. The summed E-state index contributed by atoms with van der Waals surface area (Å²) in [6.45, 7) is 0.915. The molecule has 0 fully saturated rings. The van der Waals surface area contributed by atoms with Crippen molar-refractivity contribution in [2.45, 2.75) is 4.90 Å². The van der Waals surface area contributed by atoms with Gasteiger partial charge in [0.25, 0.3) is 0 Å². The molecule has 0 radical (unpaired) electrons. The van der Waals surface area contributed by atoms with Crippen LogP contribution in [-0.4, -0.2) is 62.3 Å². The molecule has 0 amide bonds. The first-order valence-corrected chi connectivity index (χ1v) is 8.92. The zero-order chi connectivity index (χ0) is 15.2. The lowest BCUT2D eigenvalue weighted by molar-refractivity contribution is 0.0697. The fourth-order valence-electron chi connectivity index (χ4n) is 1.44. The summed E-state index contributed by atoms with van der Waals surface area (Å²) in [6.07, 6.45) is 0. The molecule has 1 rings (SSSR count). The fourth-order valence-corrected chi connectivity index (χ4v) is 4.27. The van der Waals surface area contributed by atoms with Crippen LogP contribution in [0.3, 0.4) is 0 Å². The van der Waals surface area contributed by atoms with Gasteiger partial charge in [-0.05, 0) is 38.4 Å². The Bertz CT molecular complexity index is 538. The van der Waals surface area contributed by atoms with E-state index < -0.39 is 15.8 Å². The van der Waals surface area contributed by atoms with Gasteiger partial charge in [0.05, 0.1) is 16.2 Å². The summed E-state index contributed by atoms with van der Waals surface area (Å²) in [5.74, 6) is 0.433. The molecule has 1 aromatic carbocycles. The SMILES string of the molecule is CN(C)CCSCCS(=O)(=O)c1ccc(C(=O)O)cc1. The molecule has 0 heterocycles. The van der Waals surface area contributed by atoms with Crippen LogP contribution in [-0.2, 0) is 9.84 Å². The van der Waals surface area contributed by atoms with Crippen LogP contribution in [0.15, 0.2) is 29.2 Å². The lowest BCUT2D eigenvalue weighted by Gasteiger charge is -2.09. The van der Waals surface area contributed by atoms with Crippen LogP contribution < -0.4 is 0 Å². The molecule has 0 aliphatic heterocycles. The van der Waals surface area contributed by atoms with Gasteiger partial charge in [-0.15, -0.1) is 0 Å². The normalized spacial score (nSPS) is 11.8. The van der Waals surface area contributed by atoms with Crippen LogP contribution in [0.5, 0.6) is 0 Å². The average molecular weight is 317 g/mol. The third kappa shape index (κ3) is 5.52. The van der Waals surface area contributed by atoms with Gasteiger partial charge in [-0.3, -0.25) is 0 Å². The predicted octanol–water partition coefficient (Wildman–Crippen LogP) is 1.45. The smallest absolute Gasteiger partial charge is 0.335 e. The van der Waals surface area contributed by atoms with Gasteiger partial charge in [-0.2, -0.15) is 11.8 Å². The zero-order valence-corrected chi connectivity index (χ0v) is 13.2. The van der Waals surface area contributed by atoms with Crippen LogP contribution in [0.4, 0.5) is 0 Å². The number of carboxylic acids is 1. The summed E-state index contributed by atoms with van der Waals surface area (Å²) >= 11 is 1.60. The highest BCUT2D eigenvalue weighted by Crippen LogP contribution is 2.14. The summed E-state index contributed by atoms with van der Waals surface area (Å²) in [7, 11) is 0.616. The number of carbonyl (C=O) groups is 1. The van der Waals surface area contributed by atoms with Crippen LogP contribution >= 0.6 is 11.8 Å². The Kier molecular flexibility index (Phi) is 6.51. The third-order valence-corrected chi connectivity index (χ3v) is 5.59. The molecule has 20 heavy (non-hydrogen) atoms. The van der Waals surface area contributed by atoms with Crippen molar-refractivity contribution in [2.24, 2.45) is 0 Å². The summed E-state index contributed by atoms with van der Waals surface area (Å²) < 4.78 is 24.1. The van der Waals surface area contributed by atoms with Gasteiger partial charge < -0.3 is 10.0 Å². The molecular weight excluding hydrogens is 298 g/mol. The number of nitrogens with zero attached hydrogens (tertiary/aromatic N) is 1. The molecule has 0 saturated heterocycles. The summed E-state index contributed by atoms with van der Waals surface area (Å²) in [5, 5.41) is 8.77. The van der Waals surface area contributed by atoms with Gasteiger partial charge in [-0.25, -0.2) is 13.2 Å². The average Bonchev–Trinajstić information content (AvgIpc) is 2.38. The van der Waals surface area contributed by atoms with Gasteiger partial charge in [-0.1, -0.05) is 0 Å². The van der Waals surface area contributed by atoms with Crippen LogP contribution in [0.2, 0.25) is 0 Å². The Hall–Kier alpha value is -1.05. The number of hydrogen-bond acceptors (Lipinski definition) is 5. The fraction of sp³-hybridized carbons (Fsp3) is 0.462. The van der Waals surface area contributed by atoms with Crippen molar-refractivity contribution >= 4 is 27.6 Å². The number of sulfone groups is 1. The van der Waals surface area contributed by atoms with Crippen molar-refractivity contribution in [1.29, 1.82) is 0 Å². The number of benzene rings is 1. The van der Waals surface area contributed by atoms with E-state index in [2.05, 4.69) is 0 Å². The van der Waals surface area contributed by atoms with Crippen molar-refractivity contribution in [2.75, 3.05) is 37.9 Å². The molecule has 1 N–H and O–H groups in total. The number of thioether (sulfide) groups is 1. The van der Waals surface area contributed by atoms with E-state index in [0.29, 0.717) is 5.75 Å². The largest absolute Gasteiger partial charge is 0.478 e. The minimum Gasteiger partial charge on any atom is -0.478 e. The highest BCUT2D eigenvalue weighted by molar-refractivity contribution is 8.00. The Balaban J connectivity index is 2.54. The van der Waals surface area contributed by atoms with E-state index >= 15 is 0 Å². The third-order valence-electron chi connectivity index (χ3n) is 2.64. The lowest BCUT2D eigenvalue weighted by atomic mass is 10.2. The Morgan fingerprint density at radius 1 is 1.20 bits per heavy atom. The highest BCUT2D eigenvalue weighted by atomic mass is 32.2. The van der Waals surface area contributed by atoms with Gasteiger partial charge in [0, 0.05) is 18.1 Å². The molecule has 0 aliphatic rings. The second-order valence-electron chi connectivity index (χ2n) is 4.56. The van der Waals surface area contributed by atoms with E-state index in [1.54, 1.807) is 11.8 Å². The number of aromatic carboxylic acids is 1. The maximum absolute atomic E-state index is 12.0. The van der Waals surface area contributed by atoms with Gasteiger partial charge >= 0.3 is 5.97 Å². The molecule has 112 valence electrons. The second kappa shape index (κ2) is 7.66. The molecule has 0 spiro atoms. The molecule has 7 heteroatoms. The molecule has 0 atom stereocenters. The maximum atomic E-state index is 12.0. The van der Waals surface area contributed by atoms with E-state index in [9.17, 15) is 13.2 Å². The summed E-state index contributed by atoms with van der Waals surface area (Å²) in [4.78, 5) is 12.9. The number of hydrogen-bond donors (Lipinski definition) is 1. The monoisotopic (exact) mass is 317 g/mol. The zero-order valence-electron chi connectivity index (χ0n) is 11.6. The standard InChI is InChI=1S/C13H19NO4S2/c1-14(2)7-8-19-9-10-20(17,18)12-5-3-11(4-6-12)13(15)16/h3-6H,7-10H2,1-2H3,(H,15,16). The molecule has 0 bridgehead atoms. The number of rotatable bonds is 8. The summed E-state index contributed by atoms with van der Waals surface area (Å²) in [5.41, 5.74) is 0.0873. The Morgan fingerprint density at radius 3 is 2.30 bits per heavy atom. The van der Waals surface area contributed by atoms with Crippen molar-refractivity contribution in [1.82, 2.24) is 4.90 Å². The maximum Gasteiger partial charge on any atom is 0.335 e. The van der Waals surface area contributed by atoms with E-state index in [4.69, 9.17) is 5.11 Å². The van der Waals surface area contributed by atoms with Gasteiger partial charge in [0.1, 0.15) is 0 Å². The Labute approximate surface area is 123 Å². The molecule has 0 aliphatic carbocycles. The van der Waals surface area contributed by atoms with Crippen LogP contribution in [0, 0.1) is 0 Å². The van der Waals surface area contributed by atoms with Crippen LogP contribution in [0.25, 0.3) is 0 Å². The van der Waals surface area contributed by atoms with E-state index in [-0.39, 0.29) is 16.2 Å². The first-order chi connectivity index (χ1) is 9.33. The quantitative estimate of drug-likeness (QED) is 0.732. The van der Waals surface area contributed by atoms with Crippen LogP contribution in [0.1, 0.15) is 10.4 Å². The topological polar surface area (TPSA) is 74.7 Å². The highest BCUT2D eigenvalue weighted by Gasteiger charge is 2.14. The molecule has 0 unspecified atom stereocenters. The first-order valence-electron chi connectivity index (χ1n) is 6.11. The van der Waals surface area contributed by atoms with Crippen molar-refractivity contribution in [3.05, 3.63) is 29.8 Å². The first kappa shape index (κ1) is 17.0. The second-order valence-corrected chi connectivity index (χ2v) is 7.90. The molecule has 5 nitrogen and oxygen atoms in total. The van der Waals surface area contributed by atoms with Gasteiger partial charge in [0.2, 0.25) is 0 Å². The Morgan fingerprint density at radius 2 is 1.80 bits per heavy atom. The minimum absolute atomic E-state index is 0.0670.